The first-order valence-corrected chi connectivity index (χ1v) is 7.57. The molecule has 0 spiro atoms. The Labute approximate surface area is 112 Å². The first-order valence-electron chi connectivity index (χ1n) is 7.57. The molecule has 0 aliphatic rings. The second-order valence-electron chi connectivity index (χ2n) is 5.04. The van der Waals surface area contributed by atoms with Crippen LogP contribution in [0.2, 0.25) is 0 Å². The number of hydrogen-bond acceptors (Lipinski definition) is 2. The number of hydrogen-bond donors (Lipinski definition) is 1. The lowest BCUT2D eigenvalue weighted by molar-refractivity contribution is 0.473. The highest BCUT2D eigenvalue weighted by Crippen LogP contribution is 2.19. The molecule has 3 heteroatoms. The molecule has 3 nitrogen and oxygen atoms in total. The molecular weight excluding hydrogens is 222 g/mol. The topological polar surface area (TPSA) is 29.9 Å². The van der Waals surface area contributed by atoms with Gasteiger partial charge in [0.15, 0.2) is 0 Å². The summed E-state index contributed by atoms with van der Waals surface area (Å²) < 4.78 is 2.07. The average Bonchev–Trinajstić information content (AvgIpc) is 2.82. The van der Waals surface area contributed by atoms with Gasteiger partial charge in [-0.2, -0.15) is 5.10 Å². The minimum atomic E-state index is 0.488. The predicted octanol–water partition coefficient (Wildman–Crippen LogP) is 3.91. The van der Waals surface area contributed by atoms with Gasteiger partial charge in [0, 0.05) is 24.3 Å². The third-order valence-corrected chi connectivity index (χ3v) is 3.25. The van der Waals surface area contributed by atoms with Crippen molar-refractivity contribution in [3.8, 4) is 0 Å². The molecule has 1 rings (SSSR count). The highest BCUT2D eigenvalue weighted by Gasteiger charge is 2.12. The molecule has 0 aliphatic carbocycles. The monoisotopic (exact) mass is 251 g/mol. The fourth-order valence-corrected chi connectivity index (χ4v) is 2.21. The van der Waals surface area contributed by atoms with Gasteiger partial charge in [-0.05, 0) is 25.8 Å². The number of nitrogens with one attached hydrogen (secondary N) is 1. The lowest BCUT2D eigenvalue weighted by Crippen LogP contribution is -2.21. The molecule has 0 radical (unpaired) electrons. The molecular formula is C15H29N3. The SMILES string of the molecule is CCCCCC(NCCC)c1cnn(CCC)c1. The molecule has 1 N–H and O–H groups in total. The van der Waals surface area contributed by atoms with E-state index in [0.29, 0.717) is 6.04 Å². The summed E-state index contributed by atoms with van der Waals surface area (Å²) in [6.45, 7) is 8.78. The molecule has 0 aromatic carbocycles. The third-order valence-electron chi connectivity index (χ3n) is 3.25. The Morgan fingerprint density at radius 1 is 1.17 bits per heavy atom. The first kappa shape index (κ1) is 15.2. The van der Waals surface area contributed by atoms with Gasteiger partial charge in [0.05, 0.1) is 6.20 Å². The smallest absolute Gasteiger partial charge is 0.0537 e. The Bertz CT molecular complexity index is 306. The molecule has 1 unspecified atom stereocenters. The van der Waals surface area contributed by atoms with Gasteiger partial charge in [0.1, 0.15) is 0 Å². The van der Waals surface area contributed by atoms with Gasteiger partial charge in [-0.15, -0.1) is 0 Å². The second kappa shape index (κ2) is 9.15. The maximum atomic E-state index is 4.44. The molecule has 0 fully saturated rings. The van der Waals surface area contributed by atoms with Crippen molar-refractivity contribution in [2.24, 2.45) is 0 Å². The van der Waals surface area contributed by atoms with Crippen molar-refractivity contribution in [1.29, 1.82) is 0 Å². The Kier molecular flexibility index (Phi) is 7.74. The van der Waals surface area contributed by atoms with Gasteiger partial charge in [-0.25, -0.2) is 0 Å². The summed E-state index contributed by atoms with van der Waals surface area (Å²) in [4.78, 5) is 0. The highest BCUT2D eigenvalue weighted by molar-refractivity contribution is 5.10. The molecule has 0 saturated heterocycles. The van der Waals surface area contributed by atoms with E-state index in [-0.39, 0.29) is 0 Å². The zero-order chi connectivity index (χ0) is 13.2. The van der Waals surface area contributed by atoms with E-state index in [4.69, 9.17) is 0 Å². The molecule has 18 heavy (non-hydrogen) atoms. The highest BCUT2D eigenvalue weighted by atomic mass is 15.3. The van der Waals surface area contributed by atoms with E-state index in [9.17, 15) is 0 Å². The summed E-state index contributed by atoms with van der Waals surface area (Å²) in [6.07, 6.45) is 11.7. The standard InChI is InChI=1S/C15H29N3/c1-4-7-8-9-15(16-10-5-2)14-12-17-18(13-14)11-6-3/h12-13,15-16H,4-11H2,1-3H3. The van der Waals surface area contributed by atoms with Crippen LogP contribution >= 0.6 is 0 Å². The number of unbranched alkanes of at least 4 members (excludes halogenated alkanes) is 2. The van der Waals surface area contributed by atoms with Crippen LogP contribution in [0, 0.1) is 0 Å². The van der Waals surface area contributed by atoms with Crippen molar-refractivity contribution in [1.82, 2.24) is 15.1 Å². The van der Waals surface area contributed by atoms with Gasteiger partial charge >= 0.3 is 0 Å². The third kappa shape index (κ3) is 5.21. The average molecular weight is 251 g/mol. The number of rotatable bonds is 10. The van der Waals surface area contributed by atoms with Crippen LogP contribution in [-0.2, 0) is 6.54 Å². The van der Waals surface area contributed by atoms with Crippen molar-refractivity contribution in [3.05, 3.63) is 18.0 Å². The van der Waals surface area contributed by atoms with Crippen LogP contribution < -0.4 is 5.32 Å². The second-order valence-corrected chi connectivity index (χ2v) is 5.04. The maximum absolute atomic E-state index is 4.44. The summed E-state index contributed by atoms with van der Waals surface area (Å²) >= 11 is 0. The summed E-state index contributed by atoms with van der Waals surface area (Å²) in [7, 11) is 0. The van der Waals surface area contributed by atoms with Crippen LogP contribution in [0.4, 0.5) is 0 Å². The van der Waals surface area contributed by atoms with Crippen molar-refractivity contribution in [2.75, 3.05) is 6.54 Å². The van der Waals surface area contributed by atoms with Crippen molar-refractivity contribution in [2.45, 2.75) is 71.9 Å². The summed E-state index contributed by atoms with van der Waals surface area (Å²) in [5.74, 6) is 0. The largest absolute Gasteiger partial charge is 0.310 e. The van der Waals surface area contributed by atoms with Crippen molar-refractivity contribution >= 4 is 0 Å². The Morgan fingerprint density at radius 2 is 2.00 bits per heavy atom. The fourth-order valence-electron chi connectivity index (χ4n) is 2.21. The molecule has 1 aromatic heterocycles. The summed E-state index contributed by atoms with van der Waals surface area (Å²) in [6, 6.07) is 0.488. The van der Waals surface area contributed by atoms with Gasteiger partial charge in [0.25, 0.3) is 0 Å². The van der Waals surface area contributed by atoms with Crippen LogP contribution in [0.1, 0.15) is 70.9 Å². The predicted molar refractivity (Wildman–Crippen MR) is 77.7 cm³/mol. The lowest BCUT2D eigenvalue weighted by atomic mass is 10.0. The molecule has 1 atom stereocenters. The fraction of sp³-hybridized carbons (Fsp3) is 0.800. The van der Waals surface area contributed by atoms with Crippen LogP contribution in [0.3, 0.4) is 0 Å². The zero-order valence-electron chi connectivity index (χ0n) is 12.3. The van der Waals surface area contributed by atoms with Crippen molar-refractivity contribution in [3.63, 3.8) is 0 Å². The van der Waals surface area contributed by atoms with Gasteiger partial charge < -0.3 is 5.32 Å². The van der Waals surface area contributed by atoms with Crippen LogP contribution in [-0.4, -0.2) is 16.3 Å². The number of nitrogens with zero attached hydrogens (tertiary/aromatic N) is 2. The zero-order valence-corrected chi connectivity index (χ0v) is 12.3. The van der Waals surface area contributed by atoms with E-state index in [1.165, 1.54) is 37.7 Å². The van der Waals surface area contributed by atoms with Gasteiger partial charge in [0.2, 0.25) is 0 Å². The Hall–Kier alpha value is -0.830. The first-order chi connectivity index (χ1) is 8.81. The maximum Gasteiger partial charge on any atom is 0.0537 e. The van der Waals surface area contributed by atoms with E-state index < -0.39 is 0 Å². The minimum Gasteiger partial charge on any atom is -0.310 e. The molecule has 1 heterocycles. The van der Waals surface area contributed by atoms with Crippen molar-refractivity contribution < 1.29 is 0 Å². The summed E-state index contributed by atoms with van der Waals surface area (Å²) in [5, 5.41) is 8.09. The molecule has 0 aliphatic heterocycles. The minimum absolute atomic E-state index is 0.488. The lowest BCUT2D eigenvalue weighted by Gasteiger charge is -2.16. The summed E-state index contributed by atoms with van der Waals surface area (Å²) in [5.41, 5.74) is 1.35. The van der Waals surface area contributed by atoms with Gasteiger partial charge in [-0.1, -0.05) is 40.0 Å². The molecule has 0 saturated carbocycles. The molecule has 1 aromatic rings. The Balaban J connectivity index is 2.55. The van der Waals surface area contributed by atoms with E-state index >= 15 is 0 Å². The van der Waals surface area contributed by atoms with E-state index in [1.54, 1.807) is 0 Å². The van der Waals surface area contributed by atoms with E-state index in [2.05, 4.69) is 42.1 Å². The van der Waals surface area contributed by atoms with Crippen LogP contribution in [0.25, 0.3) is 0 Å². The number of aromatic nitrogens is 2. The van der Waals surface area contributed by atoms with E-state index in [1.807, 2.05) is 6.20 Å². The number of aryl methyl sites for hydroxylation is 1. The van der Waals surface area contributed by atoms with Gasteiger partial charge in [-0.3, -0.25) is 4.68 Å². The van der Waals surface area contributed by atoms with Crippen LogP contribution in [0.5, 0.6) is 0 Å². The normalized spacial score (nSPS) is 12.8. The molecule has 0 bridgehead atoms. The van der Waals surface area contributed by atoms with Crippen LogP contribution in [0.15, 0.2) is 12.4 Å². The quantitative estimate of drug-likeness (QED) is 0.639. The van der Waals surface area contributed by atoms with E-state index in [0.717, 1.165) is 19.5 Å². The Morgan fingerprint density at radius 3 is 2.67 bits per heavy atom. The molecule has 104 valence electrons. The molecule has 0 amide bonds.